The van der Waals surface area contributed by atoms with E-state index in [9.17, 15) is 0 Å². The van der Waals surface area contributed by atoms with Crippen LogP contribution in [0.3, 0.4) is 0 Å². The maximum absolute atomic E-state index is 5.32. The summed E-state index contributed by atoms with van der Waals surface area (Å²) in [4.78, 5) is 0. The Hall–Kier alpha value is -0.0400. The van der Waals surface area contributed by atoms with Gasteiger partial charge in [0.05, 0.1) is 6.10 Å². The third kappa shape index (κ3) is 1.34. The molecule has 1 aliphatic heterocycles. The van der Waals surface area contributed by atoms with E-state index in [1.54, 1.807) is 0 Å². The second-order valence-corrected chi connectivity index (χ2v) is 3.45. The van der Waals surface area contributed by atoms with Crippen LogP contribution in [0, 0.1) is 24.4 Å². The number of ether oxygens (including phenoxy) is 1. The minimum absolute atomic E-state index is 0.353. The monoisotopic (exact) mass is 140 g/mol. The molecule has 0 spiro atoms. The molecule has 4 unspecified atom stereocenters. The van der Waals surface area contributed by atoms with Gasteiger partial charge >= 0.3 is 0 Å². The lowest BCUT2D eigenvalue weighted by atomic mass is 9.80. The summed E-state index contributed by atoms with van der Waals surface area (Å²) in [6.07, 6.45) is 0.353. The fourth-order valence-corrected chi connectivity index (χ4v) is 1.31. The molecule has 0 N–H and O–H groups in total. The summed E-state index contributed by atoms with van der Waals surface area (Å²) in [5.41, 5.74) is 0. The highest BCUT2D eigenvalue weighted by Crippen LogP contribution is 2.32. The van der Waals surface area contributed by atoms with E-state index in [1.807, 2.05) is 0 Å². The van der Waals surface area contributed by atoms with E-state index in [2.05, 4.69) is 34.3 Å². The van der Waals surface area contributed by atoms with E-state index in [1.165, 1.54) is 0 Å². The van der Waals surface area contributed by atoms with Crippen molar-refractivity contribution >= 4 is 0 Å². The van der Waals surface area contributed by atoms with Gasteiger partial charge in [0.25, 0.3) is 0 Å². The van der Waals surface area contributed by atoms with Gasteiger partial charge in [-0.1, -0.05) is 20.8 Å². The molecule has 1 aliphatic rings. The van der Waals surface area contributed by atoms with Gasteiger partial charge in [0.15, 0.2) is 0 Å². The molecule has 1 saturated heterocycles. The van der Waals surface area contributed by atoms with Crippen LogP contribution in [-0.4, -0.2) is 6.10 Å². The molecule has 1 nitrogen and oxygen atoms in total. The first-order chi connectivity index (χ1) is 4.63. The topological polar surface area (TPSA) is 9.23 Å². The van der Waals surface area contributed by atoms with Gasteiger partial charge in [-0.25, -0.2) is 0 Å². The second kappa shape index (κ2) is 2.91. The second-order valence-electron chi connectivity index (χ2n) is 3.45. The lowest BCUT2D eigenvalue weighted by molar-refractivity contribution is -0.0218. The van der Waals surface area contributed by atoms with E-state index in [0.717, 1.165) is 0 Å². The molecular formula is C9H16O. The van der Waals surface area contributed by atoms with Crippen LogP contribution in [0.2, 0.25) is 0 Å². The maximum atomic E-state index is 5.32. The first-order valence-electron chi connectivity index (χ1n) is 4.04. The smallest absolute Gasteiger partial charge is 0.135 e. The zero-order valence-corrected chi connectivity index (χ0v) is 7.22. The minimum Gasteiger partial charge on any atom is -0.365 e. The molecule has 10 heavy (non-hydrogen) atoms. The van der Waals surface area contributed by atoms with Crippen LogP contribution in [-0.2, 0) is 4.74 Å². The first-order valence-corrected chi connectivity index (χ1v) is 4.04. The van der Waals surface area contributed by atoms with E-state index >= 15 is 0 Å². The molecule has 1 heterocycles. The quantitative estimate of drug-likeness (QED) is 0.502. The first kappa shape index (κ1) is 8.06. The SMILES string of the molecule is CC1[C]OC(C)C(C)C1C. The van der Waals surface area contributed by atoms with Crippen LogP contribution in [0.15, 0.2) is 0 Å². The van der Waals surface area contributed by atoms with Gasteiger partial charge in [0, 0.05) is 0 Å². The van der Waals surface area contributed by atoms with Gasteiger partial charge in [-0.2, -0.15) is 0 Å². The van der Waals surface area contributed by atoms with Crippen molar-refractivity contribution in [3.63, 3.8) is 0 Å². The molecule has 0 aromatic carbocycles. The molecule has 0 saturated carbocycles. The zero-order chi connectivity index (χ0) is 7.72. The van der Waals surface area contributed by atoms with Crippen LogP contribution in [0.25, 0.3) is 0 Å². The highest BCUT2D eigenvalue weighted by Gasteiger charge is 2.30. The zero-order valence-electron chi connectivity index (χ0n) is 7.22. The van der Waals surface area contributed by atoms with Crippen molar-refractivity contribution in [3.8, 4) is 0 Å². The Morgan fingerprint density at radius 3 is 2.10 bits per heavy atom. The predicted octanol–water partition coefficient (Wildman–Crippen LogP) is 2.35. The molecule has 0 bridgehead atoms. The Kier molecular flexibility index (Phi) is 2.35. The molecule has 1 heteroatoms. The molecular weight excluding hydrogens is 124 g/mol. The Morgan fingerprint density at radius 1 is 1.00 bits per heavy atom. The number of rotatable bonds is 0. The van der Waals surface area contributed by atoms with Crippen molar-refractivity contribution in [2.45, 2.75) is 33.8 Å². The van der Waals surface area contributed by atoms with Gasteiger partial charge in [0.2, 0.25) is 0 Å². The Balaban J connectivity index is 2.52. The number of hydrogen-bond donors (Lipinski definition) is 0. The van der Waals surface area contributed by atoms with Gasteiger partial charge in [0.1, 0.15) is 6.61 Å². The standard InChI is InChI=1S/C9H16O/c1-6-5-10-9(4)8(3)7(6)2/h6-9H,1-4H3. The average molecular weight is 140 g/mol. The van der Waals surface area contributed by atoms with Gasteiger partial charge < -0.3 is 4.74 Å². The van der Waals surface area contributed by atoms with Crippen LogP contribution < -0.4 is 0 Å². The summed E-state index contributed by atoms with van der Waals surface area (Å²) in [5, 5.41) is 0. The Bertz CT molecular complexity index is 97.3. The average Bonchev–Trinajstić information content (AvgIpc) is 1.93. The summed E-state index contributed by atoms with van der Waals surface area (Å²) in [5.74, 6) is 1.87. The highest BCUT2D eigenvalue weighted by atomic mass is 16.5. The molecule has 0 amide bonds. The largest absolute Gasteiger partial charge is 0.365 e. The minimum atomic E-state index is 0.353. The lowest BCUT2D eigenvalue weighted by Gasteiger charge is -2.35. The van der Waals surface area contributed by atoms with Crippen LogP contribution in [0.1, 0.15) is 27.7 Å². The van der Waals surface area contributed by atoms with Crippen molar-refractivity contribution in [2.75, 3.05) is 0 Å². The summed E-state index contributed by atoms with van der Waals surface area (Å²) >= 11 is 0. The summed E-state index contributed by atoms with van der Waals surface area (Å²) in [6.45, 7) is 11.8. The van der Waals surface area contributed by atoms with E-state index in [0.29, 0.717) is 23.9 Å². The van der Waals surface area contributed by atoms with Crippen LogP contribution in [0.4, 0.5) is 0 Å². The van der Waals surface area contributed by atoms with Crippen molar-refractivity contribution in [1.82, 2.24) is 0 Å². The molecule has 0 aromatic rings. The lowest BCUT2D eigenvalue weighted by Crippen LogP contribution is -2.33. The Labute approximate surface area is 63.8 Å². The fraction of sp³-hybridized carbons (Fsp3) is 0.889. The van der Waals surface area contributed by atoms with E-state index in [4.69, 9.17) is 4.74 Å². The van der Waals surface area contributed by atoms with Crippen molar-refractivity contribution in [3.05, 3.63) is 6.61 Å². The summed E-state index contributed by atoms with van der Waals surface area (Å²) in [7, 11) is 0. The maximum Gasteiger partial charge on any atom is 0.135 e. The molecule has 0 aromatic heterocycles. The molecule has 1 rings (SSSR count). The fourth-order valence-electron chi connectivity index (χ4n) is 1.31. The molecule has 4 atom stereocenters. The van der Waals surface area contributed by atoms with Gasteiger partial charge in [-0.15, -0.1) is 0 Å². The molecule has 1 fully saturated rings. The third-order valence-corrected chi connectivity index (χ3v) is 2.80. The molecule has 58 valence electrons. The van der Waals surface area contributed by atoms with Crippen molar-refractivity contribution < 1.29 is 4.74 Å². The third-order valence-electron chi connectivity index (χ3n) is 2.80. The summed E-state index contributed by atoms with van der Waals surface area (Å²) < 4.78 is 5.32. The van der Waals surface area contributed by atoms with Crippen molar-refractivity contribution in [1.29, 1.82) is 0 Å². The molecule has 0 aliphatic carbocycles. The normalized spacial score (nSPS) is 49.2. The highest BCUT2D eigenvalue weighted by molar-refractivity contribution is 4.82. The molecule has 2 radical (unpaired) electrons. The van der Waals surface area contributed by atoms with Crippen molar-refractivity contribution in [2.24, 2.45) is 17.8 Å². The Morgan fingerprint density at radius 2 is 1.60 bits per heavy atom. The van der Waals surface area contributed by atoms with Gasteiger partial charge in [-0.3, -0.25) is 0 Å². The van der Waals surface area contributed by atoms with E-state index in [-0.39, 0.29) is 0 Å². The van der Waals surface area contributed by atoms with Crippen LogP contribution >= 0.6 is 0 Å². The van der Waals surface area contributed by atoms with Gasteiger partial charge in [-0.05, 0) is 24.7 Å². The number of hydrogen-bond acceptors (Lipinski definition) is 1. The van der Waals surface area contributed by atoms with Crippen LogP contribution in [0.5, 0.6) is 0 Å². The van der Waals surface area contributed by atoms with E-state index < -0.39 is 0 Å². The summed E-state index contributed by atoms with van der Waals surface area (Å²) in [6, 6.07) is 0. The predicted molar refractivity (Wildman–Crippen MR) is 41.3 cm³/mol.